The predicted molar refractivity (Wildman–Crippen MR) is 228 cm³/mol. The largest absolute Gasteiger partial charge is 0.456 e. The van der Waals surface area contributed by atoms with Crippen LogP contribution in [-0.2, 0) is 0 Å². The average molecular weight is 737 g/mol. The van der Waals surface area contributed by atoms with Crippen molar-refractivity contribution in [2.45, 2.75) is 6.92 Å². The molecule has 0 aliphatic heterocycles. The van der Waals surface area contributed by atoms with Gasteiger partial charge >= 0.3 is 0 Å². The van der Waals surface area contributed by atoms with Crippen molar-refractivity contribution in [3.05, 3.63) is 176 Å². The Morgan fingerprint density at radius 3 is 1.58 bits per heavy atom. The van der Waals surface area contributed by atoms with E-state index in [4.69, 9.17) is 38.7 Å². The molecule has 0 atom stereocenters. The Morgan fingerprint density at radius 1 is 0.474 bits per heavy atom. The molecule has 4 aromatic heterocycles. The Balaban J connectivity index is 1.19. The molecule has 0 fully saturated rings. The maximum Gasteiger partial charge on any atom is 0.164 e. The second-order valence-corrected chi connectivity index (χ2v) is 13.5. The number of hydrogen-bond acceptors (Lipinski definition) is 8. The molecule has 8 nitrogen and oxygen atoms in total. The van der Waals surface area contributed by atoms with Crippen LogP contribution in [0.4, 0.5) is 0 Å². The zero-order chi connectivity index (χ0) is 38.3. The third-order valence-corrected chi connectivity index (χ3v) is 9.95. The highest BCUT2D eigenvalue weighted by Gasteiger charge is 2.21. The molecular weight excluding hydrogens is 705 g/mol. The molecule has 0 unspecified atom stereocenters. The van der Waals surface area contributed by atoms with Gasteiger partial charge in [-0.25, -0.2) is 29.9 Å². The number of furan rings is 2. The van der Waals surface area contributed by atoms with Gasteiger partial charge in [0.1, 0.15) is 22.3 Å². The van der Waals surface area contributed by atoms with E-state index in [0.29, 0.717) is 46.1 Å². The molecule has 4 heterocycles. The maximum absolute atomic E-state index is 6.48. The van der Waals surface area contributed by atoms with Gasteiger partial charge in [-0.3, -0.25) is 0 Å². The molecule has 0 saturated carbocycles. The van der Waals surface area contributed by atoms with Gasteiger partial charge in [-0.1, -0.05) is 134 Å². The van der Waals surface area contributed by atoms with Crippen LogP contribution in [0.2, 0.25) is 0 Å². The molecule has 57 heavy (non-hydrogen) atoms. The lowest BCUT2D eigenvalue weighted by Crippen LogP contribution is -2.02. The number of rotatable bonds is 8. The Morgan fingerprint density at radius 2 is 0.982 bits per heavy atom. The highest BCUT2D eigenvalue weighted by Crippen LogP contribution is 2.40. The second-order valence-electron chi connectivity index (χ2n) is 13.5. The predicted octanol–water partition coefficient (Wildman–Crippen LogP) is 12.3. The van der Waals surface area contributed by atoms with E-state index in [1.165, 1.54) is 0 Å². The third kappa shape index (κ3) is 6.06. The normalized spacial score (nSPS) is 12.1. The summed E-state index contributed by atoms with van der Waals surface area (Å²) in [6.45, 7) is 5.84. The average Bonchev–Trinajstić information content (AvgIpc) is 3.85. The van der Waals surface area contributed by atoms with E-state index in [1.54, 1.807) is 6.08 Å². The number of fused-ring (bicyclic) bond motifs is 6. The lowest BCUT2D eigenvalue weighted by Gasteiger charge is -2.10. The minimum atomic E-state index is 0.503. The summed E-state index contributed by atoms with van der Waals surface area (Å²) in [7, 11) is 0. The Labute approximate surface area is 327 Å². The molecule has 6 aromatic carbocycles. The highest BCUT2D eigenvalue weighted by molar-refractivity contribution is 6.14. The first-order valence-electron chi connectivity index (χ1n) is 18.6. The summed E-state index contributed by atoms with van der Waals surface area (Å²) in [5, 5.41) is 3.68. The summed E-state index contributed by atoms with van der Waals surface area (Å²) in [4.78, 5) is 30.3. The fraction of sp³-hybridized carbons (Fsp3) is 0.0204. The van der Waals surface area contributed by atoms with E-state index in [0.717, 1.165) is 66.1 Å². The second kappa shape index (κ2) is 14.1. The Hall–Kier alpha value is -7.84. The van der Waals surface area contributed by atoms with Gasteiger partial charge in [0.2, 0.25) is 0 Å². The van der Waals surface area contributed by atoms with Gasteiger partial charge in [0, 0.05) is 54.9 Å². The first-order valence-corrected chi connectivity index (χ1v) is 18.6. The van der Waals surface area contributed by atoms with E-state index in [9.17, 15) is 0 Å². The fourth-order valence-corrected chi connectivity index (χ4v) is 7.27. The molecule has 10 rings (SSSR count). The summed E-state index contributed by atoms with van der Waals surface area (Å²) < 4.78 is 12.7. The molecule has 0 radical (unpaired) electrons. The van der Waals surface area contributed by atoms with Crippen LogP contribution in [0.1, 0.15) is 12.7 Å². The van der Waals surface area contributed by atoms with E-state index in [1.807, 2.05) is 153 Å². The van der Waals surface area contributed by atoms with Crippen LogP contribution >= 0.6 is 0 Å². The van der Waals surface area contributed by atoms with Gasteiger partial charge < -0.3 is 8.83 Å². The van der Waals surface area contributed by atoms with Crippen molar-refractivity contribution in [1.29, 1.82) is 0 Å². The van der Waals surface area contributed by atoms with Crippen LogP contribution in [0.5, 0.6) is 0 Å². The monoisotopic (exact) mass is 736 g/mol. The maximum atomic E-state index is 6.48. The molecule has 0 amide bonds. The standard InChI is InChI=1S/C49H32N6O2/c1-3-5-16-30(4-2)44-53-48(35-22-14-25-40-42(35)34-21-12-13-24-38(34)56-40)55-49(54-44)36-23-15-26-41-43(36)37-29-33(27-28-39(37)57-41)47-51-45(31-17-8-6-9-18-31)50-46(52-47)32-19-10-7-11-20-32/h3-29H,1H2,2H3/b16-5-,30-4+. The highest BCUT2D eigenvalue weighted by atomic mass is 16.3. The molecule has 270 valence electrons. The molecule has 0 spiro atoms. The molecule has 0 aliphatic rings. The number of para-hydroxylation sites is 1. The number of allylic oxidation sites excluding steroid dienone is 5. The van der Waals surface area contributed by atoms with E-state index < -0.39 is 0 Å². The number of nitrogens with zero attached hydrogens (tertiary/aromatic N) is 6. The summed E-state index contributed by atoms with van der Waals surface area (Å²) in [6, 6.07) is 45.9. The first kappa shape index (κ1) is 33.7. The molecule has 10 aromatic rings. The molecule has 8 heteroatoms. The summed E-state index contributed by atoms with van der Waals surface area (Å²) in [5.74, 6) is 3.28. The summed E-state index contributed by atoms with van der Waals surface area (Å²) in [6.07, 6.45) is 7.55. The van der Waals surface area contributed by atoms with Crippen LogP contribution in [0.15, 0.2) is 179 Å². The molecule has 0 aliphatic carbocycles. The minimum absolute atomic E-state index is 0.503. The van der Waals surface area contributed by atoms with Crippen molar-refractivity contribution < 1.29 is 8.83 Å². The summed E-state index contributed by atoms with van der Waals surface area (Å²) >= 11 is 0. The van der Waals surface area contributed by atoms with Crippen LogP contribution < -0.4 is 0 Å². The van der Waals surface area contributed by atoms with Gasteiger partial charge in [0.25, 0.3) is 0 Å². The van der Waals surface area contributed by atoms with Gasteiger partial charge in [-0.05, 0) is 43.3 Å². The van der Waals surface area contributed by atoms with Crippen molar-refractivity contribution in [2.75, 3.05) is 0 Å². The van der Waals surface area contributed by atoms with Crippen molar-refractivity contribution in [2.24, 2.45) is 0 Å². The van der Waals surface area contributed by atoms with Crippen molar-refractivity contribution in [3.63, 3.8) is 0 Å². The quantitative estimate of drug-likeness (QED) is 0.142. The smallest absolute Gasteiger partial charge is 0.164 e. The Kier molecular flexibility index (Phi) is 8.34. The third-order valence-electron chi connectivity index (χ3n) is 9.95. The lowest BCUT2D eigenvalue weighted by molar-refractivity contribution is 0.668. The molecule has 0 N–H and O–H groups in total. The fourth-order valence-electron chi connectivity index (χ4n) is 7.27. The molecular formula is C49H32N6O2. The number of benzene rings is 6. The first-order chi connectivity index (χ1) is 28.1. The van der Waals surface area contributed by atoms with Gasteiger partial charge in [0.05, 0.1) is 0 Å². The van der Waals surface area contributed by atoms with Crippen molar-refractivity contribution in [3.8, 4) is 56.9 Å². The van der Waals surface area contributed by atoms with Crippen LogP contribution in [0.3, 0.4) is 0 Å². The molecule has 0 saturated heterocycles. The number of aromatic nitrogens is 6. The van der Waals surface area contributed by atoms with E-state index in [-0.39, 0.29) is 0 Å². The van der Waals surface area contributed by atoms with E-state index >= 15 is 0 Å². The van der Waals surface area contributed by atoms with Crippen LogP contribution in [0.25, 0.3) is 106 Å². The number of hydrogen-bond donors (Lipinski definition) is 0. The van der Waals surface area contributed by atoms with Crippen LogP contribution in [0, 0.1) is 0 Å². The zero-order valence-electron chi connectivity index (χ0n) is 30.8. The zero-order valence-corrected chi connectivity index (χ0v) is 30.8. The lowest BCUT2D eigenvalue weighted by atomic mass is 10.0. The summed E-state index contributed by atoms with van der Waals surface area (Å²) in [5.41, 5.74) is 8.07. The topological polar surface area (TPSA) is 104 Å². The van der Waals surface area contributed by atoms with Crippen LogP contribution in [-0.4, -0.2) is 29.9 Å². The van der Waals surface area contributed by atoms with Crippen molar-refractivity contribution in [1.82, 2.24) is 29.9 Å². The van der Waals surface area contributed by atoms with E-state index in [2.05, 4.69) is 18.7 Å². The van der Waals surface area contributed by atoms with Gasteiger partial charge in [0.15, 0.2) is 34.9 Å². The van der Waals surface area contributed by atoms with Gasteiger partial charge in [-0.2, -0.15) is 0 Å². The Bertz CT molecular complexity index is 3160. The molecule has 0 bridgehead atoms. The minimum Gasteiger partial charge on any atom is -0.456 e. The van der Waals surface area contributed by atoms with Crippen molar-refractivity contribution >= 4 is 49.5 Å². The SMILES string of the molecule is C=C/C=C\C(=C/C)c1nc(-c2cccc3oc4ccccc4c23)nc(-c2cccc3oc4ccc(-c5nc(-c6ccccc6)nc(-c6ccccc6)n5)cc4c23)n1. The van der Waals surface area contributed by atoms with Gasteiger partial charge in [-0.15, -0.1) is 0 Å².